The molecular formula is C21H24F2N2O2. The Bertz CT molecular complexity index is 732. The zero-order valence-corrected chi connectivity index (χ0v) is 15.4. The van der Waals surface area contributed by atoms with Crippen LogP contribution in [0, 0.1) is 5.92 Å². The van der Waals surface area contributed by atoms with Gasteiger partial charge < -0.3 is 9.64 Å². The van der Waals surface area contributed by atoms with Crippen molar-refractivity contribution in [3.63, 3.8) is 0 Å². The summed E-state index contributed by atoms with van der Waals surface area (Å²) in [5.41, 5.74) is 0.630. The van der Waals surface area contributed by atoms with Crippen molar-refractivity contribution in [3.05, 3.63) is 60.4 Å². The molecule has 1 amide bonds. The lowest BCUT2D eigenvalue weighted by Crippen LogP contribution is -2.52. The number of methoxy groups -OCH3 is 1. The molecule has 0 bridgehead atoms. The molecule has 0 radical (unpaired) electrons. The highest BCUT2D eigenvalue weighted by atomic mass is 19.3. The molecule has 27 heavy (non-hydrogen) atoms. The third-order valence-corrected chi connectivity index (χ3v) is 5.38. The molecule has 1 aliphatic carbocycles. The summed E-state index contributed by atoms with van der Waals surface area (Å²) in [6, 6.07) is 13.2. The number of carbonyl (C=O) groups excluding carboxylic acids is 1. The van der Waals surface area contributed by atoms with Crippen LogP contribution in [-0.2, 0) is 16.1 Å². The molecule has 0 spiro atoms. The number of anilines is 1. The Labute approximate surface area is 158 Å². The molecule has 1 aromatic heterocycles. The molecule has 144 valence electrons. The lowest BCUT2D eigenvalue weighted by Gasteiger charge is -2.40. The van der Waals surface area contributed by atoms with Crippen molar-refractivity contribution in [3.8, 4) is 0 Å². The van der Waals surface area contributed by atoms with Gasteiger partial charge in [0.2, 0.25) is 6.43 Å². The Morgan fingerprint density at radius 1 is 1.19 bits per heavy atom. The van der Waals surface area contributed by atoms with E-state index in [-0.39, 0.29) is 18.7 Å². The highest BCUT2D eigenvalue weighted by Gasteiger charge is 2.46. The van der Waals surface area contributed by atoms with Gasteiger partial charge in [-0.1, -0.05) is 30.3 Å². The van der Waals surface area contributed by atoms with Crippen molar-refractivity contribution >= 4 is 11.6 Å². The number of hydrogen-bond donors (Lipinski definition) is 0. The van der Waals surface area contributed by atoms with E-state index in [0.29, 0.717) is 25.1 Å². The SMILES string of the molecule is COC1(C(=O)N(Cc2ccccc2)c2ccncc2)CCC(C(F)F)CC1. The molecule has 2 aromatic rings. The number of pyridine rings is 1. The molecule has 1 aromatic carbocycles. The summed E-state index contributed by atoms with van der Waals surface area (Å²) in [7, 11) is 1.49. The van der Waals surface area contributed by atoms with Crippen molar-refractivity contribution < 1.29 is 18.3 Å². The second kappa shape index (κ2) is 8.57. The van der Waals surface area contributed by atoms with Crippen LogP contribution in [0.25, 0.3) is 0 Å². The maximum Gasteiger partial charge on any atom is 0.259 e. The molecule has 6 heteroatoms. The Morgan fingerprint density at radius 2 is 1.81 bits per heavy atom. The van der Waals surface area contributed by atoms with Crippen molar-refractivity contribution in [1.29, 1.82) is 0 Å². The summed E-state index contributed by atoms with van der Waals surface area (Å²) >= 11 is 0. The number of nitrogens with zero attached hydrogens (tertiary/aromatic N) is 2. The lowest BCUT2D eigenvalue weighted by molar-refractivity contribution is -0.147. The zero-order valence-electron chi connectivity index (χ0n) is 15.4. The zero-order chi connectivity index (χ0) is 19.3. The van der Waals surface area contributed by atoms with Gasteiger partial charge in [0.15, 0.2) is 0 Å². The Hall–Kier alpha value is -2.34. The van der Waals surface area contributed by atoms with Gasteiger partial charge in [0.25, 0.3) is 5.91 Å². The topological polar surface area (TPSA) is 42.4 Å². The van der Waals surface area contributed by atoms with Crippen LogP contribution in [0.5, 0.6) is 0 Å². The van der Waals surface area contributed by atoms with Crippen LogP contribution < -0.4 is 4.90 Å². The molecule has 1 saturated carbocycles. The number of halogens is 2. The van der Waals surface area contributed by atoms with Gasteiger partial charge in [-0.3, -0.25) is 9.78 Å². The summed E-state index contributed by atoms with van der Waals surface area (Å²) in [6.45, 7) is 0.382. The van der Waals surface area contributed by atoms with Crippen LogP contribution in [0.4, 0.5) is 14.5 Å². The fourth-order valence-electron chi connectivity index (χ4n) is 3.68. The van der Waals surface area contributed by atoms with Crippen molar-refractivity contribution in [2.75, 3.05) is 12.0 Å². The summed E-state index contributed by atoms with van der Waals surface area (Å²) in [5.74, 6) is -0.850. The molecule has 3 rings (SSSR count). The van der Waals surface area contributed by atoms with Gasteiger partial charge in [0, 0.05) is 31.1 Å². The van der Waals surface area contributed by atoms with Gasteiger partial charge in [0.05, 0.1) is 6.54 Å². The lowest BCUT2D eigenvalue weighted by atomic mass is 9.77. The number of amides is 1. The first-order chi connectivity index (χ1) is 13.1. The van der Waals surface area contributed by atoms with Crippen LogP contribution in [0.1, 0.15) is 31.2 Å². The quantitative estimate of drug-likeness (QED) is 0.750. The summed E-state index contributed by atoms with van der Waals surface area (Å²) in [4.78, 5) is 19.2. The van der Waals surface area contributed by atoms with Crippen LogP contribution >= 0.6 is 0 Å². The van der Waals surface area contributed by atoms with E-state index in [2.05, 4.69) is 4.98 Å². The highest BCUT2D eigenvalue weighted by molar-refractivity contribution is 5.99. The van der Waals surface area contributed by atoms with E-state index in [1.54, 1.807) is 29.4 Å². The smallest absolute Gasteiger partial charge is 0.259 e. The molecule has 1 aliphatic rings. The minimum atomic E-state index is -2.35. The molecule has 1 fully saturated rings. The molecular weight excluding hydrogens is 350 g/mol. The van der Waals surface area contributed by atoms with Gasteiger partial charge in [0.1, 0.15) is 5.60 Å². The number of hydrogen-bond acceptors (Lipinski definition) is 3. The maximum absolute atomic E-state index is 13.5. The predicted octanol–water partition coefficient (Wildman–Crippen LogP) is 4.46. The highest BCUT2D eigenvalue weighted by Crippen LogP contribution is 2.39. The van der Waals surface area contributed by atoms with E-state index in [1.807, 2.05) is 30.3 Å². The average molecular weight is 374 g/mol. The first kappa shape index (κ1) is 19.4. The molecule has 0 unspecified atom stereocenters. The molecule has 0 N–H and O–H groups in total. The third kappa shape index (κ3) is 4.33. The van der Waals surface area contributed by atoms with E-state index in [4.69, 9.17) is 4.74 Å². The number of rotatable bonds is 6. The van der Waals surface area contributed by atoms with Crippen LogP contribution in [0.2, 0.25) is 0 Å². The maximum atomic E-state index is 13.5. The first-order valence-electron chi connectivity index (χ1n) is 9.15. The summed E-state index contributed by atoms with van der Waals surface area (Å²) < 4.78 is 31.7. The Balaban J connectivity index is 1.88. The normalized spacial score (nSPS) is 22.6. The van der Waals surface area contributed by atoms with Gasteiger partial charge in [-0.05, 0) is 43.4 Å². The van der Waals surface area contributed by atoms with Crippen molar-refractivity contribution in [2.45, 2.75) is 44.3 Å². The predicted molar refractivity (Wildman–Crippen MR) is 99.6 cm³/mol. The minimum absolute atomic E-state index is 0.187. The second-order valence-electron chi connectivity index (χ2n) is 6.95. The summed E-state index contributed by atoms with van der Waals surface area (Å²) in [5, 5.41) is 0. The van der Waals surface area contributed by atoms with Crippen molar-refractivity contribution in [1.82, 2.24) is 4.98 Å². The number of benzene rings is 1. The number of carbonyl (C=O) groups is 1. The first-order valence-corrected chi connectivity index (χ1v) is 9.15. The van der Waals surface area contributed by atoms with Crippen LogP contribution in [0.15, 0.2) is 54.9 Å². The van der Waals surface area contributed by atoms with E-state index in [1.165, 1.54) is 7.11 Å². The molecule has 0 saturated heterocycles. The average Bonchev–Trinajstić information content (AvgIpc) is 2.73. The molecule has 4 nitrogen and oxygen atoms in total. The van der Waals surface area contributed by atoms with E-state index < -0.39 is 17.9 Å². The molecule has 1 heterocycles. The number of ether oxygens (including phenoxy) is 1. The Morgan fingerprint density at radius 3 is 2.37 bits per heavy atom. The monoisotopic (exact) mass is 374 g/mol. The van der Waals surface area contributed by atoms with Gasteiger partial charge in [-0.2, -0.15) is 0 Å². The minimum Gasteiger partial charge on any atom is -0.368 e. The van der Waals surface area contributed by atoms with Gasteiger partial charge in [-0.15, -0.1) is 0 Å². The fourth-order valence-corrected chi connectivity index (χ4v) is 3.68. The second-order valence-corrected chi connectivity index (χ2v) is 6.95. The standard InChI is InChI=1S/C21H24F2N2O2/c1-27-21(11-7-17(8-12-21)19(22)23)20(26)25(18-9-13-24-14-10-18)15-16-5-3-2-4-6-16/h2-6,9-10,13-14,17,19H,7-8,11-12,15H2,1H3. The molecule has 0 aliphatic heterocycles. The Kier molecular flexibility index (Phi) is 6.16. The largest absolute Gasteiger partial charge is 0.368 e. The van der Waals surface area contributed by atoms with E-state index in [9.17, 15) is 13.6 Å². The van der Waals surface area contributed by atoms with Gasteiger partial charge >= 0.3 is 0 Å². The summed E-state index contributed by atoms with van der Waals surface area (Å²) in [6.07, 6.45) is 2.08. The van der Waals surface area contributed by atoms with Crippen molar-refractivity contribution in [2.24, 2.45) is 5.92 Å². The number of alkyl halides is 2. The van der Waals surface area contributed by atoms with Gasteiger partial charge in [-0.25, -0.2) is 8.78 Å². The third-order valence-electron chi connectivity index (χ3n) is 5.38. The van der Waals surface area contributed by atoms with Crippen LogP contribution in [0.3, 0.4) is 0 Å². The molecule has 0 atom stereocenters. The van der Waals surface area contributed by atoms with E-state index >= 15 is 0 Å². The number of aromatic nitrogens is 1. The fraction of sp³-hybridized carbons (Fsp3) is 0.429. The van der Waals surface area contributed by atoms with E-state index in [0.717, 1.165) is 5.56 Å². The van der Waals surface area contributed by atoms with Crippen LogP contribution in [-0.4, -0.2) is 30.0 Å².